The molecule has 0 atom stereocenters. The van der Waals surface area contributed by atoms with E-state index in [1.165, 1.54) is 12.1 Å². The zero-order valence-electron chi connectivity index (χ0n) is 19.1. The number of carboxylic acids is 1. The lowest BCUT2D eigenvalue weighted by Gasteiger charge is -2.12. The van der Waals surface area contributed by atoms with Crippen molar-refractivity contribution in [3.05, 3.63) is 53.3 Å². The number of aromatic nitrogens is 2. The van der Waals surface area contributed by atoms with Crippen molar-refractivity contribution in [3.63, 3.8) is 0 Å². The van der Waals surface area contributed by atoms with Crippen molar-refractivity contribution >= 4 is 27.8 Å². The Morgan fingerprint density at radius 1 is 1.11 bits per heavy atom. The minimum atomic E-state index is -4.59. The van der Waals surface area contributed by atoms with Gasteiger partial charge in [-0.05, 0) is 48.7 Å². The lowest BCUT2D eigenvalue weighted by molar-refractivity contribution is -0.141. The Kier molecular flexibility index (Phi) is 7.18. The molecule has 0 radical (unpaired) electrons. The van der Waals surface area contributed by atoms with Crippen LogP contribution in [0.15, 0.2) is 41.1 Å². The number of alkyl halides is 3. The number of hydrogen-bond acceptors (Lipinski definition) is 5. The molecule has 0 aliphatic heterocycles. The van der Waals surface area contributed by atoms with Crippen LogP contribution in [0.5, 0.6) is 11.5 Å². The summed E-state index contributed by atoms with van der Waals surface area (Å²) in [4.78, 5) is 14.0. The van der Waals surface area contributed by atoms with Crippen LogP contribution in [0.1, 0.15) is 43.0 Å². The molecule has 0 bridgehead atoms. The summed E-state index contributed by atoms with van der Waals surface area (Å²) in [5, 5.41) is 13.0. The summed E-state index contributed by atoms with van der Waals surface area (Å²) in [5.74, 6) is 0.279. The van der Waals surface area contributed by atoms with Crippen LogP contribution in [0, 0.1) is 0 Å². The SMILES string of the molecule is CCCc1c(OCCCOc2ccc3[nH]cc(CCC(=O)O)c3c2)ccc2c(C(F)(F)F)noc12. The van der Waals surface area contributed by atoms with Gasteiger partial charge in [0, 0.05) is 35.5 Å². The first kappa shape index (κ1) is 24.4. The molecule has 0 saturated heterocycles. The number of fused-ring (bicyclic) bond motifs is 2. The number of rotatable bonds is 11. The topological polar surface area (TPSA) is 97.6 Å². The fraction of sp³-hybridized carbons (Fsp3) is 0.360. The van der Waals surface area contributed by atoms with Gasteiger partial charge < -0.3 is 24.1 Å². The van der Waals surface area contributed by atoms with E-state index in [4.69, 9.17) is 19.1 Å². The largest absolute Gasteiger partial charge is 0.493 e. The standard InChI is InChI=1S/C25H25F3N2O5/c1-2-4-17-21(9-7-18-23(17)35-30-24(18)25(26,27)28)34-12-3-11-33-16-6-8-20-19(13-16)15(14-29-20)5-10-22(31)32/h6-9,13-14,29H,2-5,10-12H2,1H3,(H,31,32). The highest BCUT2D eigenvalue weighted by Crippen LogP contribution is 2.38. The van der Waals surface area contributed by atoms with E-state index in [0.29, 0.717) is 56.0 Å². The molecule has 4 rings (SSSR count). The molecular weight excluding hydrogens is 465 g/mol. The van der Waals surface area contributed by atoms with Crippen molar-refractivity contribution in [1.29, 1.82) is 0 Å². The summed E-state index contributed by atoms with van der Waals surface area (Å²) in [6, 6.07) is 8.44. The number of aliphatic carboxylic acids is 1. The average molecular weight is 490 g/mol. The molecule has 7 nitrogen and oxygen atoms in total. The van der Waals surface area contributed by atoms with Gasteiger partial charge in [-0.3, -0.25) is 4.79 Å². The van der Waals surface area contributed by atoms with Crippen LogP contribution in [-0.2, 0) is 23.8 Å². The summed E-state index contributed by atoms with van der Waals surface area (Å²) in [7, 11) is 0. The maximum atomic E-state index is 13.2. The van der Waals surface area contributed by atoms with E-state index in [1.807, 2.05) is 31.3 Å². The smallest absolute Gasteiger partial charge is 0.437 e. The van der Waals surface area contributed by atoms with E-state index in [1.54, 1.807) is 0 Å². The monoisotopic (exact) mass is 490 g/mol. The summed E-state index contributed by atoms with van der Waals surface area (Å²) >= 11 is 0. The van der Waals surface area contributed by atoms with E-state index in [0.717, 1.165) is 16.5 Å². The second kappa shape index (κ2) is 10.3. The fourth-order valence-electron chi connectivity index (χ4n) is 3.99. The summed E-state index contributed by atoms with van der Waals surface area (Å²) in [5.41, 5.74) is 1.46. The minimum Gasteiger partial charge on any atom is -0.493 e. The Hall–Kier alpha value is -3.69. The Bertz CT molecular complexity index is 1330. The number of benzene rings is 2. The second-order valence-electron chi connectivity index (χ2n) is 8.16. The van der Waals surface area contributed by atoms with Gasteiger partial charge in [0.25, 0.3) is 0 Å². The second-order valence-corrected chi connectivity index (χ2v) is 8.16. The highest BCUT2D eigenvalue weighted by atomic mass is 19.4. The van der Waals surface area contributed by atoms with E-state index in [9.17, 15) is 18.0 Å². The zero-order valence-corrected chi connectivity index (χ0v) is 19.1. The molecule has 0 aliphatic carbocycles. The van der Waals surface area contributed by atoms with Crippen LogP contribution >= 0.6 is 0 Å². The number of nitrogens with one attached hydrogen (secondary N) is 1. The molecule has 0 unspecified atom stereocenters. The molecule has 35 heavy (non-hydrogen) atoms. The molecule has 0 aliphatic rings. The first-order chi connectivity index (χ1) is 16.8. The number of H-pyrrole nitrogens is 1. The van der Waals surface area contributed by atoms with Gasteiger partial charge >= 0.3 is 12.1 Å². The molecule has 2 aromatic carbocycles. The average Bonchev–Trinajstić information content (AvgIpc) is 3.42. The van der Waals surface area contributed by atoms with Crippen molar-refractivity contribution in [3.8, 4) is 11.5 Å². The van der Waals surface area contributed by atoms with Crippen molar-refractivity contribution in [1.82, 2.24) is 10.1 Å². The normalized spacial score (nSPS) is 11.9. The molecule has 0 fully saturated rings. The predicted octanol–water partition coefficient (Wildman–Crippen LogP) is 6.15. The highest BCUT2D eigenvalue weighted by molar-refractivity contribution is 5.86. The van der Waals surface area contributed by atoms with Crippen LogP contribution in [0.2, 0.25) is 0 Å². The maximum Gasteiger partial charge on any atom is 0.437 e. The molecule has 4 aromatic rings. The summed E-state index contributed by atoms with van der Waals surface area (Å²) in [6.07, 6.45) is -0.561. The molecule has 2 N–H and O–H groups in total. The number of aromatic amines is 1. The van der Waals surface area contributed by atoms with Gasteiger partial charge in [0.15, 0.2) is 11.3 Å². The Morgan fingerprint density at radius 3 is 2.66 bits per heavy atom. The number of aryl methyl sites for hydroxylation is 2. The van der Waals surface area contributed by atoms with Crippen LogP contribution in [0.3, 0.4) is 0 Å². The molecule has 0 saturated carbocycles. The zero-order chi connectivity index (χ0) is 25.0. The molecule has 2 heterocycles. The number of nitrogens with zero attached hydrogens (tertiary/aromatic N) is 1. The molecule has 0 amide bonds. The van der Waals surface area contributed by atoms with Crippen molar-refractivity contribution in [2.24, 2.45) is 0 Å². The molecule has 10 heteroatoms. The van der Waals surface area contributed by atoms with Crippen LogP contribution in [0.4, 0.5) is 13.2 Å². The third-order valence-electron chi connectivity index (χ3n) is 5.63. The van der Waals surface area contributed by atoms with Crippen LogP contribution in [0.25, 0.3) is 21.9 Å². The Balaban J connectivity index is 1.37. The summed E-state index contributed by atoms with van der Waals surface area (Å²) < 4.78 is 56.2. The molecule has 186 valence electrons. The van der Waals surface area contributed by atoms with Gasteiger partial charge in [0.05, 0.1) is 18.6 Å². The number of halogens is 3. The third-order valence-corrected chi connectivity index (χ3v) is 5.63. The molecule has 0 spiro atoms. The van der Waals surface area contributed by atoms with Gasteiger partial charge in [-0.15, -0.1) is 0 Å². The fourth-order valence-corrected chi connectivity index (χ4v) is 3.99. The van der Waals surface area contributed by atoms with Gasteiger partial charge in [-0.25, -0.2) is 0 Å². The first-order valence-electron chi connectivity index (χ1n) is 11.3. The third kappa shape index (κ3) is 5.52. The lowest BCUT2D eigenvalue weighted by Crippen LogP contribution is -2.07. The lowest BCUT2D eigenvalue weighted by atomic mass is 10.0. The maximum absolute atomic E-state index is 13.2. The van der Waals surface area contributed by atoms with E-state index < -0.39 is 17.8 Å². The van der Waals surface area contributed by atoms with E-state index in [-0.39, 0.29) is 17.4 Å². The Labute approximate surface area is 198 Å². The number of hydrogen-bond donors (Lipinski definition) is 2. The van der Waals surface area contributed by atoms with E-state index >= 15 is 0 Å². The van der Waals surface area contributed by atoms with Gasteiger partial charge in [0.2, 0.25) is 0 Å². The van der Waals surface area contributed by atoms with Crippen molar-refractivity contribution < 1.29 is 37.1 Å². The highest BCUT2D eigenvalue weighted by Gasteiger charge is 2.37. The van der Waals surface area contributed by atoms with Crippen molar-refractivity contribution in [2.45, 2.75) is 45.2 Å². The van der Waals surface area contributed by atoms with Crippen LogP contribution < -0.4 is 9.47 Å². The number of carbonyl (C=O) groups is 1. The quantitative estimate of drug-likeness (QED) is 0.245. The first-order valence-corrected chi connectivity index (χ1v) is 11.3. The van der Waals surface area contributed by atoms with E-state index in [2.05, 4.69) is 10.1 Å². The van der Waals surface area contributed by atoms with Crippen molar-refractivity contribution in [2.75, 3.05) is 13.2 Å². The minimum absolute atomic E-state index is 0.0484. The predicted molar refractivity (Wildman–Crippen MR) is 123 cm³/mol. The summed E-state index contributed by atoms with van der Waals surface area (Å²) in [6.45, 7) is 2.59. The Morgan fingerprint density at radius 2 is 1.91 bits per heavy atom. The van der Waals surface area contributed by atoms with Gasteiger partial charge in [-0.2, -0.15) is 13.2 Å². The number of ether oxygens (including phenoxy) is 2. The van der Waals surface area contributed by atoms with Crippen LogP contribution in [-0.4, -0.2) is 34.4 Å². The van der Waals surface area contributed by atoms with Gasteiger partial charge in [0.1, 0.15) is 11.5 Å². The number of carboxylic acid groups (broad SMARTS) is 1. The molecular formula is C25H25F3N2O5. The molecule has 2 aromatic heterocycles. The van der Waals surface area contributed by atoms with Gasteiger partial charge in [-0.1, -0.05) is 18.5 Å².